The molecule has 0 saturated heterocycles. The van der Waals surface area contributed by atoms with Gasteiger partial charge in [0.25, 0.3) is 0 Å². The van der Waals surface area contributed by atoms with Crippen molar-refractivity contribution in [3.05, 3.63) is 34.8 Å². The molecule has 0 bridgehead atoms. The highest BCUT2D eigenvalue weighted by molar-refractivity contribution is 5.66. The van der Waals surface area contributed by atoms with Gasteiger partial charge in [-0.2, -0.15) is 0 Å². The Morgan fingerprint density at radius 3 is 2.37 bits per heavy atom. The van der Waals surface area contributed by atoms with E-state index in [9.17, 15) is 0 Å². The summed E-state index contributed by atoms with van der Waals surface area (Å²) in [5.74, 6) is 1.74. The number of H-pyrrole nitrogens is 1. The molecule has 4 nitrogen and oxygen atoms in total. The molecular formula is C15H20N2O2. The van der Waals surface area contributed by atoms with Gasteiger partial charge < -0.3 is 14.8 Å². The Morgan fingerprint density at radius 1 is 1.21 bits per heavy atom. The van der Waals surface area contributed by atoms with Crippen LogP contribution in [0.4, 0.5) is 0 Å². The van der Waals surface area contributed by atoms with E-state index in [2.05, 4.69) is 22.1 Å². The molecule has 1 aromatic carbocycles. The SMILES string of the molecule is COc1c(C)cc(-c2nc(CCO)[nH]c2C)cc1C. The van der Waals surface area contributed by atoms with Gasteiger partial charge in [-0.3, -0.25) is 0 Å². The molecule has 0 amide bonds. The number of nitrogens with one attached hydrogen (secondary N) is 1. The van der Waals surface area contributed by atoms with E-state index >= 15 is 0 Å². The number of aryl methyl sites for hydroxylation is 3. The van der Waals surface area contributed by atoms with Crippen molar-refractivity contribution >= 4 is 0 Å². The van der Waals surface area contributed by atoms with Crippen molar-refractivity contribution in [1.82, 2.24) is 9.97 Å². The minimum atomic E-state index is 0.104. The Balaban J connectivity index is 2.47. The maximum atomic E-state index is 8.97. The zero-order valence-electron chi connectivity index (χ0n) is 11.9. The first-order chi connectivity index (χ1) is 9.06. The van der Waals surface area contributed by atoms with Gasteiger partial charge in [0.1, 0.15) is 11.6 Å². The van der Waals surface area contributed by atoms with Crippen LogP contribution in [0.15, 0.2) is 12.1 Å². The Kier molecular flexibility index (Phi) is 3.90. The molecule has 0 aliphatic carbocycles. The van der Waals surface area contributed by atoms with Crippen LogP contribution < -0.4 is 4.74 Å². The second kappa shape index (κ2) is 5.45. The Labute approximate surface area is 113 Å². The number of aromatic nitrogens is 2. The molecule has 2 aromatic rings. The third-order valence-electron chi connectivity index (χ3n) is 3.22. The number of nitrogens with zero attached hydrogens (tertiary/aromatic N) is 1. The van der Waals surface area contributed by atoms with Gasteiger partial charge in [-0.15, -0.1) is 0 Å². The predicted molar refractivity (Wildman–Crippen MR) is 75.6 cm³/mol. The minimum Gasteiger partial charge on any atom is -0.496 e. The van der Waals surface area contributed by atoms with E-state index in [0.717, 1.165) is 39.7 Å². The number of ether oxygens (including phenoxy) is 1. The lowest BCUT2D eigenvalue weighted by molar-refractivity contribution is 0.297. The van der Waals surface area contributed by atoms with E-state index < -0.39 is 0 Å². The summed E-state index contributed by atoms with van der Waals surface area (Å²) in [5, 5.41) is 8.97. The fourth-order valence-corrected chi connectivity index (χ4v) is 2.44. The monoisotopic (exact) mass is 260 g/mol. The van der Waals surface area contributed by atoms with Crippen LogP contribution in [0.5, 0.6) is 5.75 Å². The average molecular weight is 260 g/mol. The molecule has 0 spiro atoms. The zero-order chi connectivity index (χ0) is 14.0. The number of benzene rings is 1. The summed E-state index contributed by atoms with van der Waals surface area (Å²) in [6.07, 6.45) is 0.551. The molecular weight excluding hydrogens is 240 g/mol. The average Bonchev–Trinajstić information content (AvgIpc) is 2.70. The fraction of sp³-hybridized carbons (Fsp3) is 0.400. The molecule has 0 aliphatic rings. The number of hydrogen-bond donors (Lipinski definition) is 2. The van der Waals surface area contributed by atoms with Crippen LogP contribution in [-0.2, 0) is 6.42 Å². The highest BCUT2D eigenvalue weighted by Gasteiger charge is 2.12. The van der Waals surface area contributed by atoms with Crippen LogP contribution in [0.1, 0.15) is 22.6 Å². The lowest BCUT2D eigenvalue weighted by Crippen LogP contribution is -1.94. The minimum absolute atomic E-state index is 0.104. The van der Waals surface area contributed by atoms with Crippen LogP contribution in [0, 0.1) is 20.8 Å². The number of aromatic amines is 1. The number of imidazole rings is 1. The third kappa shape index (κ3) is 2.63. The second-order valence-corrected chi connectivity index (χ2v) is 4.77. The molecule has 0 fully saturated rings. The predicted octanol–water partition coefficient (Wildman–Crippen LogP) is 2.55. The van der Waals surface area contributed by atoms with E-state index in [4.69, 9.17) is 9.84 Å². The van der Waals surface area contributed by atoms with Crippen molar-refractivity contribution in [3.63, 3.8) is 0 Å². The number of methoxy groups -OCH3 is 1. The van der Waals surface area contributed by atoms with Crippen molar-refractivity contribution < 1.29 is 9.84 Å². The van der Waals surface area contributed by atoms with Crippen LogP contribution in [-0.4, -0.2) is 28.8 Å². The van der Waals surface area contributed by atoms with Crippen LogP contribution in [0.3, 0.4) is 0 Å². The van der Waals surface area contributed by atoms with Crippen LogP contribution in [0.2, 0.25) is 0 Å². The molecule has 19 heavy (non-hydrogen) atoms. The molecule has 0 unspecified atom stereocenters. The summed E-state index contributed by atoms with van der Waals surface area (Å²) >= 11 is 0. The molecule has 0 aliphatic heterocycles. The maximum Gasteiger partial charge on any atom is 0.124 e. The van der Waals surface area contributed by atoms with Gasteiger partial charge in [-0.1, -0.05) is 0 Å². The largest absolute Gasteiger partial charge is 0.496 e. The highest BCUT2D eigenvalue weighted by atomic mass is 16.5. The first-order valence-corrected chi connectivity index (χ1v) is 6.38. The van der Waals surface area contributed by atoms with Crippen LogP contribution in [0.25, 0.3) is 11.3 Å². The molecule has 102 valence electrons. The summed E-state index contributed by atoms with van der Waals surface area (Å²) in [6.45, 7) is 6.17. The van der Waals surface area contributed by atoms with Gasteiger partial charge in [-0.05, 0) is 44.0 Å². The number of aliphatic hydroxyl groups excluding tert-OH is 1. The molecule has 1 aromatic heterocycles. The quantitative estimate of drug-likeness (QED) is 0.888. The maximum absolute atomic E-state index is 8.97. The molecule has 2 N–H and O–H groups in total. The number of aliphatic hydroxyl groups is 1. The zero-order valence-corrected chi connectivity index (χ0v) is 11.9. The molecule has 0 radical (unpaired) electrons. The Bertz CT molecular complexity index is 565. The lowest BCUT2D eigenvalue weighted by Gasteiger charge is -2.10. The number of rotatable bonds is 4. The van der Waals surface area contributed by atoms with E-state index in [1.54, 1.807) is 7.11 Å². The summed E-state index contributed by atoms with van der Waals surface area (Å²) < 4.78 is 5.38. The lowest BCUT2D eigenvalue weighted by atomic mass is 10.0. The van der Waals surface area contributed by atoms with Gasteiger partial charge in [0.15, 0.2) is 0 Å². The van der Waals surface area contributed by atoms with Gasteiger partial charge in [-0.25, -0.2) is 4.98 Å². The molecule has 2 rings (SSSR count). The molecule has 0 saturated carbocycles. The normalized spacial score (nSPS) is 10.8. The standard InChI is InChI=1S/C15H20N2O2/c1-9-7-12(8-10(2)15(9)19-4)14-11(3)16-13(17-14)5-6-18/h7-8,18H,5-6H2,1-4H3,(H,16,17). The number of hydrogen-bond acceptors (Lipinski definition) is 3. The van der Waals surface area contributed by atoms with Gasteiger partial charge in [0.2, 0.25) is 0 Å². The van der Waals surface area contributed by atoms with Crippen molar-refractivity contribution in [2.45, 2.75) is 27.2 Å². The molecule has 1 heterocycles. The first-order valence-electron chi connectivity index (χ1n) is 6.38. The summed E-state index contributed by atoms with van der Waals surface area (Å²) in [5.41, 5.74) is 5.24. The smallest absolute Gasteiger partial charge is 0.124 e. The fourth-order valence-electron chi connectivity index (χ4n) is 2.44. The molecule has 0 atom stereocenters. The third-order valence-corrected chi connectivity index (χ3v) is 3.22. The highest BCUT2D eigenvalue weighted by Crippen LogP contribution is 2.30. The Morgan fingerprint density at radius 2 is 1.84 bits per heavy atom. The van der Waals surface area contributed by atoms with Gasteiger partial charge in [0.05, 0.1) is 19.4 Å². The van der Waals surface area contributed by atoms with Crippen molar-refractivity contribution in [1.29, 1.82) is 0 Å². The van der Waals surface area contributed by atoms with E-state index in [1.807, 2.05) is 20.8 Å². The summed E-state index contributed by atoms with van der Waals surface area (Å²) in [6, 6.07) is 4.16. The first kappa shape index (κ1) is 13.6. The van der Waals surface area contributed by atoms with E-state index in [1.165, 1.54) is 0 Å². The summed E-state index contributed by atoms with van der Waals surface area (Å²) in [7, 11) is 1.69. The van der Waals surface area contributed by atoms with Gasteiger partial charge in [0, 0.05) is 17.7 Å². The van der Waals surface area contributed by atoms with Crippen molar-refractivity contribution in [3.8, 4) is 17.0 Å². The molecule has 4 heteroatoms. The topological polar surface area (TPSA) is 58.1 Å². The van der Waals surface area contributed by atoms with E-state index in [0.29, 0.717) is 6.42 Å². The second-order valence-electron chi connectivity index (χ2n) is 4.77. The van der Waals surface area contributed by atoms with Crippen LogP contribution >= 0.6 is 0 Å². The van der Waals surface area contributed by atoms with Crippen molar-refractivity contribution in [2.75, 3.05) is 13.7 Å². The Hall–Kier alpha value is -1.81. The summed E-state index contributed by atoms with van der Waals surface area (Å²) in [4.78, 5) is 7.76. The van der Waals surface area contributed by atoms with E-state index in [-0.39, 0.29) is 6.61 Å². The van der Waals surface area contributed by atoms with Crippen molar-refractivity contribution in [2.24, 2.45) is 0 Å². The van der Waals surface area contributed by atoms with Gasteiger partial charge >= 0.3 is 0 Å².